The normalized spacial score (nSPS) is 12.7. The van der Waals surface area contributed by atoms with Crippen molar-refractivity contribution >= 4 is 11.8 Å². The SMILES string of the molecule is CC(C)c1cc(CSc2nnc([C@@H](N)Cc3ccccc3)n2C)no1. The molecule has 0 saturated carbocycles. The lowest BCUT2D eigenvalue weighted by molar-refractivity contribution is 0.367. The van der Waals surface area contributed by atoms with Crippen LogP contribution in [0.25, 0.3) is 0 Å². The van der Waals surface area contributed by atoms with Crippen LogP contribution < -0.4 is 5.73 Å². The van der Waals surface area contributed by atoms with Crippen LogP contribution in [0.5, 0.6) is 0 Å². The Balaban J connectivity index is 1.64. The number of benzene rings is 1. The second-order valence-electron chi connectivity index (χ2n) is 6.36. The van der Waals surface area contributed by atoms with Gasteiger partial charge in [0, 0.05) is 24.8 Å². The number of rotatable bonds is 7. The highest BCUT2D eigenvalue weighted by molar-refractivity contribution is 7.98. The lowest BCUT2D eigenvalue weighted by Gasteiger charge is -2.11. The molecule has 0 fully saturated rings. The van der Waals surface area contributed by atoms with Crippen molar-refractivity contribution in [3.63, 3.8) is 0 Å². The fraction of sp³-hybridized carbons (Fsp3) is 0.389. The summed E-state index contributed by atoms with van der Waals surface area (Å²) >= 11 is 1.58. The second kappa shape index (κ2) is 7.84. The fourth-order valence-electron chi connectivity index (χ4n) is 2.54. The Kier molecular flexibility index (Phi) is 5.55. The van der Waals surface area contributed by atoms with Crippen molar-refractivity contribution in [3.8, 4) is 0 Å². The molecule has 0 amide bonds. The van der Waals surface area contributed by atoms with Crippen LogP contribution >= 0.6 is 11.8 Å². The Bertz CT molecular complexity index is 812. The summed E-state index contributed by atoms with van der Waals surface area (Å²) in [6.07, 6.45) is 0.735. The van der Waals surface area contributed by atoms with E-state index in [4.69, 9.17) is 10.3 Å². The highest BCUT2D eigenvalue weighted by Gasteiger charge is 2.17. The van der Waals surface area contributed by atoms with E-state index in [0.717, 1.165) is 28.9 Å². The minimum Gasteiger partial charge on any atom is -0.361 e. The average molecular weight is 357 g/mol. The molecular formula is C18H23N5OS. The molecule has 2 heterocycles. The molecule has 0 aliphatic rings. The number of nitrogens with zero attached hydrogens (tertiary/aromatic N) is 4. The Morgan fingerprint density at radius 2 is 1.96 bits per heavy atom. The van der Waals surface area contributed by atoms with Crippen molar-refractivity contribution in [1.29, 1.82) is 0 Å². The summed E-state index contributed by atoms with van der Waals surface area (Å²) in [5.74, 6) is 2.72. The van der Waals surface area contributed by atoms with Crippen molar-refractivity contribution in [2.24, 2.45) is 12.8 Å². The van der Waals surface area contributed by atoms with Crippen LogP contribution in [0.15, 0.2) is 46.1 Å². The third kappa shape index (κ3) is 4.29. The van der Waals surface area contributed by atoms with Crippen LogP contribution in [0, 0.1) is 0 Å². The minimum absolute atomic E-state index is 0.186. The molecule has 0 aliphatic carbocycles. The number of thioether (sulfide) groups is 1. The smallest absolute Gasteiger partial charge is 0.191 e. The van der Waals surface area contributed by atoms with E-state index in [1.54, 1.807) is 11.8 Å². The second-order valence-corrected chi connectivity index (χ2v) is 7.30. The van der Waals surface area contributed by atoms with Crippen LogP contribution in [0.4, 0.5) is 0 Å². The van der Waals surface area contributed by atoms with Gasteiger partial charge >= 0.3 is 0 Å². The molecule has 0 saturated heterocycles. The summed E-state index contributed by atoms with van der Waals surface area (Å²) in [7, 11) is 1.95. The van der Waals surface area contributed by atoms with E-state index in [9.17, 15) is 0 Å². The number of hydrogen-bond donors (Lipinski definition) is 1. The van der Waals surface area contributed by atoms with Gasteiger partial charge < -0.3 is 14.8 Å². The molecule has 0 spiro atoms. The van der Waals surface area contributed by atoms with Gasteiger partial charge in [0.2, 0.25) is 0 Å². The van der Waals surface area contributed by atoms with Gasteiger partial charge in [-0.1, -0.05) is 61.1 Å². The largest absolute Gasteiger partial charge is 0.361 e. The molecule has 6 nitrogen and oxygen atoms in total. The molecule has 2 aromatic heterocycles. The van der Waals surface area contributed by atoms with Crippen LogP contribution in [-0.4, -0.2) is 19.9 Å². The summed E-state index contributed by atoms with van der Waals surface area (Å²) in [5.41, 5.74) is 8.43. The summed E-state index contributed by atoms with van der Waals surface area (Å²) in [5, 5.41) is 13.5. The lowest BCUT2D eigenvalue weighted by Crippen LogP contribution is -2.18. The predicted octanol–water partition coefficient (Wildman–Crippen LogP) is 3.46. The Morgan fingerprint density at radius 1 is 1.20 bits per heavy atom. The van der Waals surface area contributed by atoms with Gasteiger partial charge in [-0.05, 0) is 12.0 Å². The molecule has 3 aromatic rings. The van der Waals surface area contributed by atoms with Crippen molar-refractivity contribution in [2.75, 3.05) is 0 Å². The van der Waals surface area contributed by atoms with E-state index in [-0.39, 0.29) is 6.04 Å². The monoisotopic (exact) mass is 357 g/mol. The molecular weight excluding hydrogens is 334 g/mol. The van der Waals surface area contributed by atoms with Crippen molar-refractivity contribution in [1.82, 2.24) is 19.9 Å². The van der Waals surface area contributed by atoms with Gasteiger partial charge in [0.15, 0.2) is 11.0 Å². The number of hydrogen-bond acceptors (Lipinski definition) is 6. The Morgan fingerprint density at radius 3 is 2.64 bits per heavy atom. The van der Waals surface area contributed by atoms with E-state index < -0.39 is 0 Å². The zero-order chi connectivity index (χ0) is 17.8. The van der Waals surface area contributed by atoms with Crippen LogP contribution in [0.3, 0.4) is 0 Å². The zero-order valence-electron chi connectivity index (χ0n) is 14.7. The Hall–Kier alpha value is -2.12. The summed E-state index contributed by atoms with van der Waals surface area (Å²) in [4.78, 5) is 0. The highest BCUT2D eigenvalue weighted by atomic mass is 32.2. The third-order valence-corrected chi connectivity index (χ3v) is 5.05. The Labute approximate surface area is 151 Å². The molecule has 1 aromatic carbocycles. The number of aromatic nitrogens is 4. The van der Waals surface area contributed by atoms with Gasteiger partial charge in [-0.2, -0.15) is 0 Å². The van der Waals surface area contributed by atoms with Crippen LogP contribution in [0.1, 0.15) is 48.6 Å². The van der Waals surface area contributed by atoms with Gasteiger partial charge in [0.05, 0.1) is 11.7 Å². The topological polar surface area (TPSA) is 82.8 Å². The summed E-state index contributed by atoms with van der Waals surface area (Å²) < 4.78 is 7.29. The molecule has 0 radical (unpaired) electrons. The van der Waals surface area contributed by atoms with E-state index in [2.05, 4.69) is 41.3 Å². The van der Waals surface area contributed by atoms with E-state index >= 15 is 0 Å². The average Bonchev–Trinajstić information content (AvgIpc) is 3.21. The van der Waals surface area contributed by atoms with E-state index in [0.29, 0.717) is 11.7 Å². The maximum Gasteiger partial charge on any atom is 0.191 e. The first-order chi connectivity index (χ1) is 12.0. The molecule has 2 N–H and O–H groups in total. The maximum atomic E-state index is 6.33. The quantitative estimate of drug-likeness (QED) is 0.652. The van der Waals surface area contributed by atoms with Crippen molar-refractivity contribution in [3.05, 3.63) is 59.2 Å². The van der Waals surface area contributed by atoms with Gasteiger partial charge in [-0.25, -0.2) is 0 Å². The lowest BCUT2D eigenvalue weighted by atomic mass is 10.1. The molecule has 132 valence electrons. The van der Waals surface area contributed by atoms with Crippen molar-refractivity contribution in [2.45, 2.75) is 43.1 Å². The molecule has 25 heavy (non-hydrogen) atoms. The first-order valence-electron chi connectivity index (χ1n) is 8.31. The van der Waals surface area contributed by atoms with Crippen LogP contribution in [0.2, 0.25) is 0 Å². The third-order valence-electron chi connectivity index (χ3n) is 3.99. The molecule has 0 aliphatic heterocycles. The molecule has 0 unspecified atom stereocenters. The fourth-order valence-corrected chi connectivity index (χ4v) is 3.34. The highest BCUT2D eigenvalue weighted by Crippen LogP contribution is 2.24. The number of nitrogens with two attached hydrogens (primary N) is 1. The van der Waals surface area contributed by atoms with Gasteiger partial charge in [-0.15, -0.1) is 10.2 Å². The molecule has 7 heteroatoms. The van der Waals surface area contributed by atoms with Gasteiger partial charge in [0.25, 0.3) is 0 Å². The predicted molar refractivity (Wildman–Crippen MR) is 98.2 cm³/mol. The molecule has 0 bridgehead atoms. The molecule has 1 atom stereocenters. The minimum atomic E-state index is -0.186. The van der Waals surface area contributed by atoms with Crippen molar-refractivity contribution < 1.29 is 4.52 Å². The summed E-state index contributed by atoms with van der Waals surface area (Å²) in [6, 6.07) is 12.0. The van der Waals surface area contributed by atoms with Crippen LogP contribution in [-0.2, 0) is 19.2 Å². The molecule has 3 rings (SSSR count). The zero-order valence-corrected chi connectivity index (χ0v) is 15.5. The van der Waals surface area contributed by atoms with Gasteiger partial charge in [0.1, 0.15) is 5.76 Å². The standard InChI is InChI=1S/C18H23N5OS/c1-12(2)16-10-14(22-24-16)11-25-18-21-20-17(23(18)3)15(19)9-13-7-5-4-6-8-13/h4-8,10,12,15H,9,11,19H2,1-3H3/t15-/m0/s1. The van der Waals surface area contributed by atoms with E-state index in [1.165, 1.54) is 5.56 Å². The van der Waals surface area contributed by atoms with E-state index in [1.807, 2.05) is 35.9 Å². The van der Waals surface area contributed by atoms with Gasteiger partial charge in [-0.3, -0.25) is 0 Å². The maximum absolute atomic E-state index is 6.33. The summed E-state index contributed by atoms with van der Waals surface area (Å²) in [6.45, 7) is 4.17. The first kappa shape index (κ1) is 17.7. The first-order valence-corrected chi connectivity index (χ1v) is 9.30.